The molecule has 5 fully saturated rings. The van der Waals surface area contributed by atoms with Crippen molar-refractivity contribution in [3.05, 3.63) is 0 Å². The average molecular weight is 248 g/mol. The Kier molecular flexibility index (Phi) is 2.92. The van der Waals surface area contributed by atoms with Crippen molar-refractivity contribution >= 4 is 0 Å². The van der Waals surface area contributed by atoms with Crippen LogP contribution in [0.4, 0.5) is 0 Å². The average Bonchev–Trinajstić information content (AvgIpc) is 2.25. The van der Waals surface area contributed by atoms with Crippen molar-refractivity contribution in [2.45, 2.75) is 56.9 Å². The fourth-order valence-electron chi connectivity index (χ4n) is 5.95. The van der Waals surface area contributed by atoms with Crippen molar-refractivity contribution < 1.29 is 0 Å². The lowest BCUT2D eigenvalue weighted by atomic mass is 9.52. The van der Waals surface area contributed by atoms with E-state index in [1.54, 1.807) is 38.5 Å². The van der Waals surface area contributed by atoms with Crippen LogP contribution in [-0.4, -0.2) is 36.6 Å². The first-order chi connectivity index (χ1) is 8.84. The van der Waals surface area contributed by atoms with Crippen LogP contribution in [0.15, 0.2) is 0 Å². The van der Waals surface area contributed by atoms with Crippen molar-refractivity contribution in [1.82, 2.24) is 10.2 Å². The summed E-state index contributed by atoms with van der Waals surface area (Å²) in [5.41, 5.74) is 0.659. The molecule has 4 aliphatic carbocycles. The van der Waals surface area contributed by atoms with Crippen LogP contribution in [0.1, 0.15) is 51.4 Å². The molecule has 18 heavy (non-hydrogen) atoms. The standard InChI is InChI=1S/C16H28N2/c1-3-17-4-2-6-18(5-1)16-10-13-7-14(11-16)9-15(8-13)12-16/h13-15,17H,1-12H2. The number of hydrogen-bond donors (Lipinski definition) is 1. The van der Waals surface area contributed by atoms with Gasteiger partial charge in [0.05, 0.1) is 0 Å². The molecule has 1 aliphatic heterocycles. The van der Waals surface area contributed by atoms with Crippen molar-refractivity contribution in [2.24, 2.45) is 17.8 Å². The van der Waals surface area contributed by atoms with Gasteiger partial charge in [-0.15, -0.1) is 0 Å². The van der Waals surface area contributed by atoms with Gasteiger partial charge in [0.15, 0.2) is 0 Å². The maximum Gasteiger partial charge on any atom is 0.0217 e. The van der Waals surface area contributed by atoms with E-state index in [1.807, 2.05) is 0 Å². The highest BCUT2D eigenvalue weighted by atomic mass is 15.2. The lowest BCUT2D eigenvalue weighted by Crippen LogP contribution is -2.60. The Hall–Kier alpha value is -0.0800. The van der Waals surface area contributed by atoms with Crippen LogP contribution in [0.3, 0.4) is 0 Å². The summed E-state index contributed by atoms with van der Waals surface area (Å²) in [6, 6.07) is 0. The molecule has 1 N–H and O–H groups in total. The number of nitrogens with one attached hydrogen (secondary N) is 1. The highest BCUT2D eigenvalue weighted by Gasteiger charge is 2.53. The van der Waals surface area contributed by atoms with E-state index in [9.17, 15) is 0 Å². The molecule has 0 spiro atoms. The van der Waals surface area contributed by atoms with Gasteiger partial charge in [-0.05, 0) is 95.3 Å². The third kappa shape index (κ3) is 1.92. The molecule has 5 aliphatic rings. The molecule has 1 heterocycles. The summed E-state index contributed by atoms with van der Waals surface area (Å²) in [4.78, 5) is 2.94. The van der Waals surface area contributed by atoms with Crippen LogP contribution in [0, 0.1) is 17.8 Å². The summed E-state index contributed by atoms with van der Waals surface area (Å²) >= 11 is 0. The third-order valence-corrected chi connectivity index (χ3v) is 6.24. The largest absolute Gasteiger partial charge is 0.317 e. The zero-order valence-electron chi connectivity index (χ0n) is 11.7. The minimum atomic E-state index is 0.659. The SMILES string of the molecule is C1CNCCCN(C23CC4CC(CC(C4)C2)C3)C1. The van der Waals surface area contributed by atoms with Crippen LogP contribution in [0.25, 0.3) is 0 Å². The monoisotopic (exact) mass is 248 g/mol. The quantitative estimate of drug-likeness (QED) is 0.767. The summed E-state index contributed by atoms with van der Waals surface area (Å²) < 4.78 is 0. The minimum Gasteiger partial charge on any atom is -0.317 e. The molecule has 4 saturated carbocycles. The van der Waals surface area contributed by atoms with Gasteiger partial charge in [0.1, 0.15) is 0 Å². The first-order valence-electron chi connectivity index (χ1n) is 8.30. The van der Waals surface area contributed by atoms with E-state index in [4.69, 9.17) is 0 Å². The minimum absolute atomic E-state index is 0.659. The Morgan fingerprint density at radius 1 is 0.778 bits per heavy atom. The first kappa shape index (κ1) is 11.7. The Bertz CT molecular complexity index is 269. The van der Waals surface area contributed by atoms with E-state index in [-0.39, 0.29) is 0 Å². The molecule has 0 aromatic rings. The molecule has 0 atom stereocenters. The maximum absolute atomic E-state index is 3.55. The number of hydrogen-bond acceptors (Lipinski definition) is 2. The summed E-state index contributed by atoms with van der Waals surface area (Å²) in [7, 11) is 0. The van der Waals surface area contributed by atoms with Crippen LogP contribution in [0.5, 0.6) is 0 Å². The van der Waals surface area contributed by atoms with Gasteiger partial charge < -0.3 is 5.32 Å². The summed E-state index contributed by atoms with van der Waals surface area (Å²) in [5.74, 6) is 3.29. The summed E-state index contributed by atoms with van der Waals surface area (Å²) in [6.07, 6.45) is 12.1. The Morgan fingerprint density at radius 3 is 1.78 bits per heavy atom. The van der Waals surface area contributed by atoms with Crippen LogP contribution in [0.2, 0.25) is 0 Å². The van der Waals surface area contributed by atoms with Crippen molar-refractivity contribution in [1.29, 1.82) is 0 Å². The molecular weight excluding hydrogens is 220 g/mol. The predicted molar refractivity (Wildman–Crippen MR) is 74.6 cm³/mol. The molecule has 0 radical (unpaired) electrons. The summed E-state index contributed by atoms with van der Waals surface area (Å²) in [5, 5.41) is 3.55. The van der Waals surface area contributed by atoms with Gasteiger partial charge in [-0.3, -0.25) is 4.90 Å². The number of nitrogens with zero attached hydrogens (tertiary/aromatic N) is 1. The molecule has 0 amide bonds. The van der Waals surface area contributed by atoms with Gasteiger partial charge in [-0.1, -0.05) is 0 Å². The molecule has 2 nitrogen and oxygen atoms in total. The van der Waals surface area contributed by atoms with Crippen molar-refractivity contribution in [3.63, 3.8) is 0 Å². The Labute approximate surface area is 111 Å². The lowest BCUT2D eigenvalue weighted by molar-refractivity contribution is -0.0901. The molecule has 2 heteroatoms. The van der Waals surface area contributed by atoms with E-state index in [0.29, 0.717) is 5.54 Å². The fraction of sp³-hybridized carbons (Fsp3) is 1.00. The van der Waals surface area contributed by atoms with Gasteiger partial charge in [0, 0.05) is 5.54 Å². The molecule has 0 unspecified atom stereocenters. The fourth-order valence-corrected chi connectivity index (χ4v) is 5.95. The van der Waals surface area contributed by atoms with Gasteiger partial charge in [0.2, 0.25) is 0 Å². The van der Waals surface area contributed by atoms with Crippen LogP contribution in [-0.2, 0) is 0 Å². The highest BCUT2D eigenvalue weighted by molar-refractivity contribution is 5.07. The van der Waals surface area contributed by atoms with Gasteiger partial charge in [-0.25, -0.2) is 0 Å². The maximum atomic E-state index is 3.55. The second kappa shape index (κ2) is 4.49. The third-order valence-electron chi connectivity index (χ3n) is 6.24. The predicted octanol–water partition coefficient (Wildman–Crippen LogP) is 2.64. The molecular formula is C16H28N2. The second-order valence-electron chi connectivity index (χ2n) is 7.59. The van der Waals surface area contributed by atoms with Gasteiger partial charge >= 0.3 is 0 Å². The topological polar surface area (TPSA) is 15.3 Å². The van der Waals surface area contributed by atoms with E-state index < -0.39 is 0 Å². The molecule has 1 saturated heterocycles. The highest BCUT2D eigenvalue weighted by Crippen LogP contribution is 2.57. The van der Waals surface area contributed by atoms with Gasteiger partial charge in [-0.2, -0.15) is 0 Å². The van der Waals surface area contributed by atoms with E-state index in [0.717, 1.165) is 17.8 Å². The van der Waals surface area contributed by atoms with Crippen molar-refractivity contribution in [3.8, 4) is 0 Å². The van der Waals surface area contributed by atoms with Crippen molar-refractivity contribution in [2.75, 3.05) is 26.2 Å². The molecule has 5 rings (SSSR count). The zero-order valence-corrected chi connectivity index (χ0v) is 11.7. The van der Waals surface area contributed by atoms with E-state index >= 15 is 0 Å². The summed E-state index contributed by atoms with van der Waals surface area (Å²) in [6.45, 7) is 5.20. The lowest BCUT2D eigenvalue weighted by Gasteiger charge is -2.61. The van der Waals surface area contributed by atoms with E-state index in [1.165, 1.54) is 39.0 Å². The molecule has 4 bridgehead atoms. The zero-order chi connectivity index (χ0) is 12.0. The Morgan fingerprint density at radius 2 is 1.28 bits per heavy atom. The van der Waals surface area contributed by atoms with Gasteiger partial charge in [0.25, 0.3) is 0 Å². The molecule has 0 aromatic heterocycles. The normalized spacial score (nSPS) is 49.0. The van der Waals surface area contributed by atoms with Crippen LogP contribution >= 0.6 is 0 Å². The smallest absolute Gasteiger partial charge is 0.0217 e. The first-order valence-corrected chi connectivity index (χ1v) is 8.30. The number of rotatable bonds is 1. The van der Waals surface area contributed by atoms with E-state index in [2.05, 4.69) is 10.2 Å². The second-order valence-corrected chi connectivity index (χ2v) is 7.59. The molecule has 0 aromatic carbocycles. The molecule has 102 valence electrons. The Balaban J connectivity index is 1.54. The van der Waals surface area contributed by atoms with Crippen LogP contribution < -0.4 is 5.32 Å².